The molecule has 0 saturated carbocycles. The van der Waals surface area contributed by atoms with Crippen molar-refractivity contribution >= 4 is 5.71 Å². The number of benzene rings is 4. The van der Waals surface area contributed by atoms with Crippen molar-refractivity contribution in [2.75, 3.05) is 0 Å². The van der Waals surface area contributed by atoms with Crippen LogP contribution >= 0.6 is 0 Å². The molecule has 5 rings (SSSR count). The highest BCUT2D eigenvalue weighted by atomic mass is 15.3. The molecule has 0 unspecified atom stereocenters. The molecule has 1 aliphatic rings. The zero-order valence-corrected chi connectivity index (χ0v) is 15.4. The van der Waals surface area contributed by atoms with Gasteiger partial charge in [-0.15, -0.1) is 0 Å². The number of hydrogen-bond acceptors (Lipinski definition) is 2. The molecular weight excluding hydrogens is 340 g/mol. The zero-order chi connectivity index (χ0) is 18.8. The van der Waals surface area contributed by atoms with E-state index in [-0.39, 0.29) is 0 Å². The van der Waals surface area contributed by atoms with Gasteiger partial charge in [0.15, 0.2) is 0 Å². The van der Waals surface area contributed by atoms with Gasteiger partial charge in [0.25, 0.3) is 0 Å². The minimum absolute atomic E-state index is 0.530. The van der Waals surface area contributed by atoms with E-state index in [1.54, 1.807) is 0 Å². The van der Waals surface area contributed by atoms with E-state index in [2.05, 4.69) is 115 Å². The van der Waals surface area contributed by atoms with E-state index in [0.717, 1.165) is 16.8 Å². The summed E-state index contributed by atoms with van der Waals surface area (Å²) in [5, 5.41) is 4.91. The normalized spacial score (nSPS) is 14.5. The maximum atomic E-state index is 4.91. The summed E-state index contributed by atoms with van der Waals surface area (Å²) >= 11 is 0. The Balaban J connectivity index is 1.80. The van der Waals surface area contributed by atoms with Gasteiger partial charge in [-0.3, -0.25) is 5.43 Å². The predicted octanol–water partition coefficient (Wildman–Crippen LogP) is 5.33. The minimum Gasteiger partial charge on any atom is -0.290 e. The number of nitrogens with zero attached hydrogens (tertiary/aromatic N) is 1. The number of fused-ring (bicyclic) bond motifs is 1. The van der Waals surface area contributed by atoms with E-state index in [0.29, 0.717) is 0 Å². The van der Waals surface area contributed by atoms with Gasteiger partial charge in [-0.05, 0) is 16.7 Å². The first kappa shape index (κ1) is 16.5. The fourth-order valence-corrected chi connectivity index (χ4v) is 4.08. The second-order valence-corrected chi connectivity index (χ2v) is 6.97. The molecular formula is C26H20N2. The molecule has 0 aliphatic carbocycles. The van der Waals surface area contributed by atoms with E-state index >= 15 is 0 Å². The lowest BCUT2D eigenvalue weighted by molar-refractivity contribution is 0.483. The number of rotatable bonds is 3. The first-order valence-electron chi connectivity index (χ1n) is 9.51. The molecule has 2 nitrogen and oxygen atoms in total. The largest absolute Gasteiger partial charge is 0.290 e. The SMILES string of the molecule is c1ccc(C2=NNC(c3ccccc3)(c3ccccc3)c3ccccc32)cc1. The third-order valence-corrected chi connectivity index (χ3v) is 5.38. The van der Waals surface area contributed by atoms with Crippen molar-refractivity contribution in [1.82, 2.24) is 5.43 Å². The first-order chi connectivity index (χ1) is 13.9. The van der Waals surface area contributed by atoms with Crippen molar-refractivity contribution in [3.05, 3.63) is 143 Å². The Hall–Kier alpha value is -3.65. The van der Waals surface area contributed by atoms with Crippen LogP contribution in [0.3, 0.4) is 0 Å². The van der Waals surface area contributed by atoms with Crippen LogP contribution in [0.4, 0.5) is 0 Å². The Bertz CT molecular complexity index is 1080. The molecule has 0 atom stereocenters. The highest BCUT2D eigenvalue weighted by Crippen LogP contribution is 2.41. The molecule has 134 valence electrons. The molecule has 1 heterocycles. The molecule has 0 saturated heterocycles. The van der Waals surface area contributed by atoms with E-state index in [9.17, 15) is 0 Å². The molecule has 0 radical (unpaired) electrons. The molecule has 0 spiro atoms. The Morgan fingerprint density at radius 3 is 1.64 bits per heavy atom. The van der Waals surface area contributed by atoms with Crippen LogP contribution in [-0.4, -0.2) is 5.71 Å². The molecule has 0 bridgehead atoms. The van der Waals surface area contributed by atoms with Gasteiger partial charge in [-0.25, -0.2) is 0 Å². The molecule has 0 amide bonds. The lowest BCUT2D eigenvalue weighted by Gasteiger charge is -2.40. The van der Waals surface area contributed by atoms with Crippen LogP contribution in [0.15, 0.2) is 120 Å². The summed E-state index contributed by atoms with van der Waals surface area (Å²) in [6.07, 6.45) is 0. The summed E-state index contributed by atoms with van der Waals surface area (Å²) in [4.78, 5) is 0. The van der Waals surface area contributed by atoms with Crippen molar-refractivity contribution in [1.29, 1.82) is 0 Å². The van der Waals surface area contributed by atoms with Crippen LogP contribution in [-0.2, 0) is 5.54 Å². The lowest BCUT2D eigenvalue weighted by Crippen LogP contribution is -2.46. The number of hydrogen-bond donors (Lipinski definition) is 1. The average molecular weight is 360 g/mol. The second kappa shape index (κ2) is 6.82. The fraction of sp³-hybridized carbons (Fsp3) is 0.0385. The standard InChI is InChI=1S/C26H20N2/c1-4-12-20(13-5-1)25-23-18-10-11-19-24(23)26(28-27-25,21-14-6-2-7-15-21)22-16-8-3-9-17-22/h1-19,28H. The van der Waals surface area contributed by atoms with Crippen LogP contribution in [0.2, 0.25) is 0 Å². The summed E-state index contributed by atoms with van der Waals surface area (Å²) in [7, 11) is 0. The van der Waals surface area contributed by atoms with Gasteiger partial charge in [0.05, 0.1) is 5.71 Å². The molecule has 28 heavy (non-hydrogen) atoms. The molecule has 2 heteroatoms. The third kappa shape index (κ3) is 2.54. The molecule has 4 aromatic carbocycles. The molecule has 1 aliphatic heterocycles. The van der Waals surface area contributed by atoms with Crippen molar-refractivity contribution < 1.29 is 0 Å². The monoisotopic (exact) mass is 360 g/mol. The first-order valence-corrected chi connectivity index (χ1v) is 9.51. The summed E-state index contributed by atoms with van der Waals surface area (Å²) in [5.74, 6) is 0. The lowest BCUT2D eigenvalue weighted by atomic mass is 9.74. The molecule has 0 fully saturated rings. The van der Waals surface area contributed by atoms with Gasteiger partial charge in [-0.2, -0.15) is 5.10 Å². The maximum Gasteiger partial charge on any atom is 0.130 e. The summed E-state index contributed by atoms with van der Waals surface area (Å²) < 4.78 is 0. The van der Waals surface area contributed by atoms with E-state index in [4.69, 9.17) is 5.10 Å². The average Bonchev–Trinajstić information content (AvgIpc) is 2.80. The maximum absolute atomic E-state index is 4.91. The smallest absolute Gasteiger partial charge is 0.130 e. The topological polar surface area (TPSA) is 24.4 Å². The minimum atomic E-state index is -0.530. The van der Waals surface area contributed by atoms with Crippen molar-refractivity contribution in [2.45, 2.75) is 5.54 Å². The predicted molar refractivity (Wildman–Crippen MR) is 114 cm³/mol. The van der Waals surface area contributed by atoms with Gasteiger partial charge in [0, 0.05) is 11.1 Å². The highest BCUT2D eigenvalue weighted by molar-refractivity contribution is 6.14. The van der Waals surface area contributed by atoms with Crippen LogP contribution in [0.1, 0.15) is 27.8 Å². The van der Waals surface area contributed by atoms with Gasteiger partial charge in [-0.1, -0.05) is 115 Å². The van der Waals surface area contributed by atoms with Gasteiger partial charge >= 0.3 is 0 Å². The Morgan fingerprint density at radius 2 is 1.04 bits per heavy atom. The molecule has 4 aromatic rings. The number of hydrazone groups is 1. The van der Waals surface area contributed by atoms with E-state index in [1.165, 1.54) is 16.7 Å². The highest BCUT2D eigenvalue weighted by Gasteiger charge is 2.41. The Kier molecular flexibility index (Phi) is 4.02. The fourth-order valence-electron chi connectivity index (χ4n) is 4.08. The van der Waals surface area contributed by atoms with Gasteiger partial charge in [0.1, 0.15) is 5.54 Å². The van der Waals surface area contributed by atoms with Crippen LogP contribution in [0.25, 0.3) is 0 Å². The van der Waals surface area contributed by atoms with Crippen molar-refractivity contribution in [2.24, 2.45) is 5.10 Å². The number of nitrogens with one attached hydrogen (secondary N) is 1. The van der Waals surface area contributed by atoms with Crippen LogP contribution < -0.4 is 5.43 Å². The second-order valence-electron chi connectivity index (χ2n) is 6.97. The molecule has 1 N–H and O–H groups in total. The van der Waals surface area contributed by atoms with Gasteiger partial charge in [0.2, 0.25) is 0 Å². The molecule has 0 aromatic heterocycles. The quantitative estimate of drug-likeness (QED) is 0.524. The van der Waals surface area contributed by atoms with Crippen LogP contribution in [0.5, 0.6) is 0 Å². The zero-order valence-electron chi connectivity index (χ0n) is 15.4. The van der Waals surface area contributed by atoms with E-state index in [1.807, 2.05) is 6.07 Å². The van der Waals surface area contributed by atoms with Crippen LogP contribution in [0, 0.1) is 0 Å². The third-order valence-electron chi connectivity index (χ3n) is 5.38. The van der Waals surface area contributed by atoms with Crippen molar-refractivity contribution in [3.63, 3.8) is 0 Å². The summed E-state index contributed by atoms with van der Waals surface area (Å²) in [6, 6.07) is 40.0. The Morgan fingerprint density at radius 1 is 0.536 bits per heavy atom. The van der Waals surface area contributed by atoms with Gasteiger partial charge < -0.3 is 0 Å². The summed E-state index contributed by atoms with van der Waals surface area (Å²) in [6.45, 7) is 0. The van der Waals surface area contributed by atoms with Crippen molar-refractivity contribution in [3.8, 4) is 0 Å². The Labute approximate surface area is 165 Å². The summed E-state index contributed by atoms with van der Waals surface area (Å²) in [5.41, 5.74) is 9.81. The van der Waals surface area contributed by atoms with E-state index < -0.39 is 5.54 Å².